The molecule has 0 aliphatic heterocycles. The van der Waals surface area contributed by atoms with Gasteiger partial charge in [0.2, 0.25) is 0 Å². The van der Waals surface area contributed by atoms with Crippen LogP contribution in [0.1, 0.15) is 39.2 Å². The molecule has 2 aromatic heterocycles. The predicted octanol–water partition coefficient (Wildman–Crippen LogP) is 3.13. The molecule has 0 aliphatic carbocycles. The lowest BCUT2D eigenvalue weighted by molar-refractivity contribution is 0.764. The van der Waals surface area contributed by atoms with Crippen LogP contribution in [0.15, 0.2) is 18.7 Å². The molecule has 0 aliphatic rings. The summed E-state index contributed by atoms with van der Waals surface area (Å²) in [5, 5.41) is 3.40. The molecule has 0 radical (unpaired) electrons. The molecule has 2 rings (SSSR count). The SMILES string of the molecule is CCCNc1ncnc(-c2nccn2CC)c1CCC. The molecule has 0 spiro atoms. The average Bonchev–Trinajstić information content (AvgIpc) is 2.94. The highest BCUT2D eigenvalue weighted by atomic mass is 15.1. The monoisotopic (exact) mass is 273 g/mol. The van der Waals surface area contributed by atoms with Crippen molar-refractivity contribution in [1.82, 2.24) is 19.5 Å². The topological polar surface area (TPSA) is 55.6 Å². The Morgan fingerprint density at radius 2 is 1.95 bits per heavy atom. The Labute approximate surface area is 120 Å². The largest absolute Gasteiger partial charge is 0.370 e. The first-order valence-electron chi connectivity index (χ1n) is 7.41. The fourth-order valence-corrected chi connectivity index (χ4v) is 2.27. The Balaban J connectivity index is 2.46. The van der Waals surface area contributed by atoms with E-state index < -0.39 is 0 Å². The van der Waals surface area contributed by atoms with Gasteiger partial charge in [0.1, 0.15) is 17.8 Å². The standard InChI is InChI=1S/C15H23N5/c1-4-7-12-13(15-17-9-10-20(15)6-3)18-11-19-14(12)16-8-5-2/h9-11H,4-8H2,1-3H3,(H,16,18,19). The number of hydrogen-bond donors (Lipinski definition) is 1. The predicted molar refractivity (Wildman–Crippen MR) is 81.7 cm³/mol. The molecule has 0 unspecified atom stereocenters. The van der Waals surface area contributed by atoms with Crippen LogP contribution in [0.3, 0.4) is 0 Å². The second kappa shape index (κ2) is 7.03. The number of aromatic nitrogens is 4. The van der Waals surface area contributed by atoms with Crippen molar-refractivity contribution in [2.45, 2.75) is 46.6 Å². The first kappa shape index (κ1) is 14.5. The van der Waals surface area contributed by atoms with Crippen molar-refractivity contribution in [3.05, 3.63) is 24.3 Å². The van der Waals surface area contributed by atoms with Crippen LogP contribution in [0.2, 0.25) is 0 Å². The summed E-state index contributed by atoms with van der Waals surface area (Å²) in [4.78, 5) is 13.4. The van der Waals surface area contributed by atoms with Gasteiger partial charge in [0.25, 0.3) is 0 Å². The Kier molecular flexibility index (Phi) is 5.09. The van der Waals surface area contributed by atoms with Gasteiger partial charge in [-0.3, -0.25) is 0 Å². The van der Waals surface area contributed by atoms with Crippen molar-refractivity contribution < 1.29 is 0 Å². The van der Waals surface area contributed by atoms with E-state index in [-0.39, 0.29) is 0 Å². The number of imidazole rings is 1. The highest BCUT2D eigenvalue weighted by molar-refractivity contribution is 5.63. The van der Waals surface area contributed by atoms with Crippen molar-refractivity contribution >= 4 is 5.82 Å². The molecule has 2 heterocycles. The van der Waals surface area contributed by atoms with E-state index >= 15 is 0 Å². The van der Waals surface area contributed by atoms with Gasteiger partial charge in [0.15, 0.2) is 5.82 Å². The van der Waals surface area contributed by atoms with Gasteiger partial charge in [-0.15, -0.1) is 0 Å². The minimum Gasteiger partial charge on any atom is -0.370 e. The lowest BCUT2D eigenvalue weighted by Crippen LogP contribution is -2.09. The normalized spacial score (nSPS) is 10.8. The highest BCUT2D eigenvalue weighted by Gasteiger charge is 2.15. The summed E-state index contributed by atoms with van der Waals surface area (Å²) in [7, 11) is 0. The van der Waals surface area contributed by atoms with E-state index in [1.807, 2.05) is 12.4 Å². The van der Waals surface area contributed by atoms with Gasteiger partial charge in [-0.05, 0) is 19.8 Å². The van der Waals surface area contributed by atoms with E-state index in [4.69, 9.17) is 0 Å². The van der Waals surface area contributed by atoms with Crippen LogP contribution in [-0.2, 0) is 13.0 Å². The van der Waals surface area contributed by atoms with E-state index in [0.29, 0.717) is 0 Å². The van der Waals surface area contributed by atoms with Crippen molar-refractivity contribution in [3.8, 4) is 11.5 Å². The summed E-state index contributed by atoms with van der Waals surface area (Å²) >= 11 is 0. The van der Waals surface area contributed by atoms with E-state index in [0.717, 1.165) is 49.7 Å². The molecule has 5 nitrogen and oxygen atoms in total. The molecule has 5 heteroatoms. The quantitative estimate of drug-likeness (QED) is 0.842. The molecule has 108 valence electrons. The smallest absolute Gasteiger partial charge is 0.159 e. The molecule has 1 N–H and O–H groups in total. The maximum Gasteiger partial charge on any atom is 0.159 e. The number of rotatable bonds is 7. The molecule has 0 saturated heterocycles. The lowest BCUT2D eigenvalue weighted by Gasteiger charge is -2.14. The van der Waals surface area contributed by atoms with Crippen molar-refractivity contribution in [3.63, 3.8) is 0 Å². The van der Waals surface area contributed by atoms with E-state index in [1.165, 1.54) is 5.56 Å². The number of aryl methyl sites for hydroxylation is 1. The second-order valence-electron chi connectivity index (χ2n) is 4.76. The Morgan fingerprint density at radius 1 is 1.10 bits per heavy atom. The summed E-state index contributed by atoms with van der Waals surface area (Å²) in [6.07, 6.45) is 8.55. The molecule has 0 amide bonds. The fourth-order valence-electron chi connectivity index (χ4n) is 2.27. The maximum absolute atomic E-state index is 4.48. The third-order valence-corrected chi connectivity index (χ3v) is 3.26. The van der Waals surface area contributed by atoms with Crippen LogP contribution in [0.4, 0.5) is 5.82 Å². The maximum atomic E-state index is 4.48. The van der Waals surface area contributed by atoms with Gasteiger partial charge in [-0.1, -0.05) is 20.3 Å². The Hall–Kier alpha value is -1.91. The zero-order chi connectivity index (χ0) is 14.4. The first-order chi connectivity index (χ1) is 9.81. The number of anilines is 1. The van der Waals surface area contributed by atoms with Gasteiger partial charge in [0.05, 0.1) is 0 Å². The third-order valence-electron chi connectivity index (χ3n) is 3.26. The van der Waals surface area contributed by atoms with Crippen LogP contribution >= 0.6 is 0 Å². The molecule has 0 saturated carbocycles. The zero-order valence-electron chi connectivity index (χ0n) is 12.6. The van der Waals surface area contributed by atoms with Crippen LogP contribution in [0, 0.1) is 0 Å². The van der Waals surface area contributed by atoms with Gasteiger partial charge in [-0.2, -0.15) is 0 Å². The number of nitrogens with one attached hydrogen (secondary N) is 1. The highest BCUT2D eigenvalue weighted by Crippen LogP contribution is 2.25. The molecule has 0 fully saturated rings. The van der Waals surface area contributed by atoms with Crippen molar-refractivity contribution in [2.24, 2.45) is 0 Å². The Morgan fingerprint density at radius 3 is 2.65 bits per heavy atom. The number of hydrogen-bond acceptors (Lipinski definition) is 4. The van der Waals surface area contributed by atoms with Crippen molar-refractivity contribution in [2.75, 3.05) is 11.9 Å². The molecular weight excluding hydrogens is 250 g/mol. The molecular formula is C15H23N5. The molecule has 2 aromatic rings. The summed E-state index contributed by atoms with van der Waals surface area (Å²) in [6.45, 7) is 8.26. The Bertz CT molecular complexity index is 547. The molecule has 0 atom stereocenters. The van der Waals surface area contributed by atoms with Crippen LogP contribution < -0.4 is 5.32 Å². The average molecular weight is 273 g/mol. The zero-order valence-corrected chi connectivity index (χ0v) is 12.6. The van der Waals surface area contributed by atoms with Gasteiger partial charge >= 0.3 is 0 Å². The van der Waals surface area contributed by atoms with Crippen LogP contribution in [0.5, 0.6) is 0 Å². The minimum atomic E-state index is 0.891. The summed E-state index contributed by atoms with van der Waals surface area (Å²) in [5.41, 5.74) is 2.12. The molecule has 20 heavy (non-hydrogen) atoms. The van der Waals surface area contributed by atoms with Gasteiger partial charge in [0, 0.05) is 31.0 Å². The van der Waals surface area contributed by atoms with E-state index in [2.05, 4.69) is 45.6 Å². The first-order valence-corrected chi connectivity index (χ1v) is 7.41. The molecule has 0 aromatic carbocycles. The van der Waals surface area contributed by atoms with Gasteiger partial charge in [-0.25, -0.2) is 15.0 Å². The van der Waals surface area contributed by atoms with E-state index in [1.54, 1.807) is 6.33 Å². The van der Waals surface area contributed by atoms with Gasteiger partial charge < -0.3 is 9.88 Å². The summed E-state index contributed by atoms with van der Waals surface area (Å²) in [5.74, 6) is 1.88. The van der Waals surface area contributed by atoms with Crippen LogP contribution in [-0.4, -0.2) is 26.1 Å². The number of nitrogens with zero attached hydrogens (tertiary/aromatic N) is 4. The van der Waals surface area contributed by atoms with Crippen LogP contribution in [0.25, 0.3) is 11.5 Å². The summed E-state index contributed by atoms with van der Waals surface area (Å²) in [6, 6.07) is 0. The fraction of sp³-hybridized carbons (Fsp3) is 0.533. The second-order valence-corrected chi connectivity index (χ2v) is 4.76. The lowest BCUT2D eigenvalue weighted by atomic mass is 10.1. The van der Waals surface area contributed by atoms with E-state index in [9.17, 15) is 0 Å². The minimum absolute atomic E-state index is 0.891. The summed E-state index contributed by atoms with van der Waals surface area (Å²) < 4.78 is 2.12. The molecule has 0 bridgehead atoms. The third kappa shape index (κ3) is 2.98. The van der Waals surface area contributed by atoms with Crippen molar-refractivity contribution in [1.29, 1.82) is 0 Å².